The van der Waals surface area contributed by atoms with Crippen LogP contribution in [0.1, 0.15) is 19.3 Å². The van der Waals surface area contributed by atoms with E-state index in [1.54, 1.807) is 0 Å². The van der Waals surface area contributed by atoms with Crippen molar-refractivity contribution in [2.24, 2.45) is 0 Å². The third kappa shape index (κ3) is 2.59. The normalized spacial score (nSPS) is 21.2. The number of amides is 2. The van der Waals surface area contributed by atoms with Crippen LogP contribution in [0.4, 0.5) is 4.79 Å². The molecule has 0 aromatic carbocycles. The van der Waals surface area contributed by atoms with Gasteiger partial charge in [0.1, 0.15) is 6.04 Å². The molecular formula is C9H16N2O4. The summed E-state index contributed by atoms with van der Waals surface area (Å²) < 4.78 is 0. The summed E-state index contributed by atoms with van der Waals surface area (Å²) in [5.74, 6) is -0.306. The summed E-state index contributed by atoms with van der Waals surface area (Å²) in [6.07, 6.45) is 1.21. The van der Waals surface area contributed by atoms with Gasteiger partial charge in [-0.3, -0.25) is 14.5 Å². The second kappa shape index (κ2) is 4.97. The van der Waals surface area contributed by atoms with Crippen molar-refractivity contribution in [3.05, 3.63) is 0 Å². The van der Waals surface area contributed by atoms with Crippen molar-refractivity contribution >= 4 is 12.0 Å². The lowest BCUT2D eigenvalue weighted by molar-refractivity contribution is -0.175. The molecule has 0 aromatic rings. The van der Waals surface area contributed by atoms with Crippen molar-refractivity contribution in [1.29, 1.82) is 0 Å². The molecule has 1 heterocycles. The molecule has 0 bridgehead atoms. The Morgan fingerprint density at radius 3 is 2.67 bits per heavy atom. The predicted molar refractivity (Wildman–Crippen MR) is 52.1 cm³/mol. The zero-order chi connectivity index (χ0) is 11.4. The van der Waals surface area contributed by atoms with E-state index in [0.29, 0.717) is 13.0 Å². The molecule has 0 spiro atoms. The molecule has 0 unspecified atom stereocenters. The Hall–Kier alpha value is -1.30. The summed E-state index contributed by atoms with van der Waals surface area (Å²) in [6, 6.07) is -0.596. The Bertz CT molecular complexity index is 256. The first kappa shape index (κ1) is 11.8. The number of hydrogen-bond donors (Lipinski definition) is 1. The lowest BCUT2D eigenvalue weighted by Gasteiger charge is -2.33. The first-order valence-electron chi connectivity index (χ1n) is 4.89. The summed E-state index contributed by atoms with van der Waals surface area (Å²) in [7, 11) is 2.86. The van der Waals surface area contributed by atoms with E-state index in [0.717, 1.165) is 17.9 Å². The first-order chi connectivity index (χ1) is 7.07. The SMILES string of the molecule is CON(C)C(=O)[C@@H]1CCCCN1C(=O)O. The summed E-state index contributed by atoms with van der Waals surface area (Å²) >= 11 is 0. The minimum Gasteiger partial charge on any atom is -0.465 e. The number of hydroxylamine groups is 2. The topological polar surface area (TPSA) is 70.1 Å². The van der Waals surface area contributed by atoms with Crippen LogP contribution in [0.3, 0.4) is 0 Å². The molecule has 6 nitrogen and oxygen atoms in total. The number of rotatable bonds is 2. The maximum atomic E-state index is 11.7. The molecule has 1 N–H and O–H groups in total. The zero-order valence-electron chi connectivity index (χ0n) is 8.97. The van der Waals surface area contributed by atoms with E-state index in [1.165, 1.54) is 19.1 Å². The highest BCUT2D eigenvalue weighted by Crippen LogP contribution is 2.18. The highest BCUT2D eigenvalue weighted by atomic mass is 16.7. The molecule has 1 atom stereocenters. The Balaban J connectivity index is 2.71. The van der Waals surface area contributed by atoms with Crippen LogP contribution in [0.5, 0.6) is 0 Å². The number of nitrogens with zero attached hydrogens (tertiary/aromatic N) is 2. The molecule has 15 heavy (non-hydrogen) atoms. The molecule has 2 amide bonds. The van der Waals surface area contributed by atoms with E-state index in [2.05, 4.69) is 0 Å². The maximum Gasteiger partial charge on any atom is 0.407 e. The van der Waals surface area contributed by atoms with Crippen LogP contribution in [0.2, 0.25) is 0 Å². The van der Waals surface area contributed by atoms with Gasteiger partial charge < -0.3 is 5.11 Å². The molecular weight excluding hydrogens is 200 g/mol. The molecule has 0 aromatic heterocycles. The third-order valence-corrected chi connectivity index (χ3v) is 2.62. The molecule has 1 rings (SSSR count). The Morgan fingerprint density at radius 2 is 2.13 bits per heavy atom. The molecule has 1 fully saturated rings. The van der Waals surface area contributed by atoms with Gasteiger partial charge >= 0.3 is 6.09 Å². The van der Waals surface area contributed by atoms with Gasteiger partial charge in [-0.25, -0.2) is 9.86 Å². The van der Waals surface area contributed by atoms with Crippen molar-refractivity contribution in [3.63, 3.8) is 0 Å². The number of carboxylic acid groups (broad SMARTS) is 1. The lowest BCUT2D eigenvalue weighted by atomic mass is 10.0. The van der Waals surface area contributed by atoms with E-state index in [9.17, 15) is 9.59 Å². The second-order valence-corrected chi connectivity index (χ2v) is 3.51. The fourth-order valence-corrected chi connectivity index (χ4v) is 1.72. The van der Waals surface area contributed by atoms with Crippen molar-refractivity contribution < 1.29 is 19.5 Å². The van der Waals surface area contributed by atoms with Crippen LogP contribution in [-0.2, 0) is 9.63 Å². The number of piperidine rings is 1. The standard InChI is InChI=1S/C9H16N2O4/c1-10(15-2)8(12)7-5-3-4-6-11(7)9(13)14/h7H,3-6H2,1-2H3,(H,13,14)/t7-/m0/s1. The van der Waals surface area contributed by atoms with Gasteiger partial charge in [0.25, 0.3) is 5.91 Å². The molecule has 0 aliphatic carbocycles. The zero-order valence-corrected chi connectivity index (χ0v) is 8.97. The average Bonchev–Trinajstić information content (AvgIpc) is 2.27. The minimum absolute atomic E-state index is 0.306. The first-order valence-corrected chi connectivity index (χ1v) is 4.89. The monoisotopic (exact) mass is 216 g/mol. The quantitative estimate of drug-likeness (QED) is 0.684. The molecule has 1 aliphatic heterocycles. The predicted octanol–water partition coefficient (Wildman–Crippen LogP) is 0.539. The number of likely N-dealkylation sites (N-methyl/N-ethyl adjacent to an activating group) is 1. The van der Waals surface area contributed by atoms with Crippen LogP contribution in [0.15, 0.2) is 0 Å². The van der Waals surface area contributed by atoms with Crippen molar-refractivity contribution in [1.82, 2.24) is 9.96 Å². The largest absolute Gasteiger partial charge is 0.465 e. The summed E-state index contributed by atoms with van der Waals surface area (Å²) in [4.78, 5) is 28.6. The number of carbonyl (C=O) groups excluding carboxylic acids is 1. The highest BCUT2D eigenvalue weighted by molar-refractivity contribution is 5.84. The van der Waals surface area contributed by atoms with Crippen molar-refractivity contribution in [2.45, 2.75) is 25.3 Å². The van der Waals surface area contributed by atoms with E-state index in [4.69, 9.17) is 9.94 Å². The van der Waals surface area contributed by atoms with Crippen LogP contribution >= 0.6 is 0 Å². The van der Waals surface area contributed by atoms with Gasteiger partial charge in [-0.2, -0.15) is 0 Å². The van der Waals surface area contributed by atoms with Gasteiger partial charge in [0, 0.05) is 13.6 Å². The number of likely N-dealkylation sites (tertiary alicyclic amines) is 1. The van der Waals surface area contributed by atoms with Gasteiger partial charge in [0.05, 0.1) is 7.11 Å². The van der Waals surface area contributed by atoms with Crippen molar-refractivity contribution in [2.75, 3.05) is 20.7 Å². The average molecular weight is 216 g/mol. The second-order valence-electron chi connectivity index (χ2n) is 3.51. The van der Waals surface area contributed by atoms with Crippen molar-refractivity contribution in [3.8, 4) is 0 Å². The molecule has 1 aliphatic rings. The Kier molecular flexibility index (Phi) is 3.90. The molecule has 0 saturated carbocycles. The molecule has 6 heteroatoms. The lowest BCUT2D eigenvalue weighted by Crippen LogP contribution is -2.51. The highest BCUT2D eigenvalue weighted by Gasteiger charge is 2.33. The van der Waals surface area contributed by atoms with E-state index >= 15 is 0 Å². The maximum absolute atomic E-state index is 11.7. The van der Waals surface area contributed by atoms with Gasteiger partial charge in [0.15, 0.2) is 0 Å². The van der Waals surface area contributed by atoms with E-state index < -0.39 is 12.1 Å². The summed E-state index contributed by atoms with van der Waals surface area (Å²) in [5, 5.41) is 10.0. The fraction of sp³-hybridized carbons (Fsp3) is 0.778. The van der Waals surface area contributed by atoms with E-state index in [-0.39, 0.29) is 5.91 Å². The van der Waals surface area contributed by atoms with Gasteiger partial charge in [0.2, 0.25) is 0 Å². The van der Waals surface area contributed by atoms with E-state index in [1.807, 2.05) is 0 Å². The molecule has 1 saturated heterocycles. The van der Waals surface area contributed by atoms with Crippen LogP contribution in [-0.4, -0.2) is 53.8 Å². The van der Waals surface area contributed by atoms with Gasteiger partial charge in [-0.05, 0) is 19.3 Å². The summed E-state index contributed by atoms with van der Waals surface area (Å²) in [6.45, 7) is 0.420. The van der Waals surface area contributed by atoms with Gasteiger partial charge in [-0.1, -0.05) is 0 Å². The van der Waals surface area contributed by atoms with Gasteiger partial charge in [-0.15, -0.1) is 0 Å². The Morgan fingerprint density at radius 1 is 1.47 bits per heavy atom. The fourth-order valence-electron chi connectivity index (χ4n) is 1.72. The Labute approximate surface area is 88.4 Å². The summed E-state index contributed by atoms with van der Waals surface area (Å²) in [5.41, 5.74) is 0. The molecule has 86 valence electrons. The third-order valence-electron chi connectivity index (χ3n) is 2.62. The van der Waals surface area contributed by atoms with Crippen LogP contribution in [0, 0.1) is 0 Å². The molecule has 0 radical (unpaired) electrons. The van der Waals surface area contributed by atoms with Crippen LogP contribution < -0.4 is 0 Å². The minimum atomic E-state index is -1.04. The smallest absolute Gasteiger partial charge is 0.407 e. The number of hydrogen-bond acceptors (Lipinski definition) is 3. The number of carbonyl (C=O) groups is 2. The van der Waals surface area contributed by atoms with Crippen LogP contribution in [0.25, 0.3) is 0 Å².